The van der Waals surface area contributed by atoms with Crippen LogP contribution >= 0.6 is 0 Å². The molecule has 1 aromatic carbocycles. The van der Waals surface area contributed by atoms with Crippen LogP contribution in [0.25, 0.3) is 11.3 Å². The summed E-state index contributed by atoms with van der Waals surface area (Å²) in [5.74, 6) is 0.667. The third kappa shape index (κ3) is 2.91. The van der Waals surface area contributed by atoms with Crippen molar-refractivity contribution in [3.63, 3.8) is 0 Å². The van der Waals surface area contributed by atoms with Gasteiger partial charge in [0, 0.05) is 18.8 Å². The van der Waals surface area contributed by atoms with Crippen LogP contribution < -0.4 is 10.5 Å². The van der Waals surface area contributed by atoms with E-state index in [-0.39, 0.29) is 17.6 Å². The fraction of sp³-hybridized carbons (Fsp3) is 0.200. The van der Waals surface area contributed by atoms with Crippen LogP contribution in [0.15, 0.2) is 58.5 Å². The highest BCUT2D eigenvalue weighted by molar-refractivity contribution is 6.09. The summed E-state index contributed by atoms with van der Waals surface area (Å²) in [7, 11) is 3.06. The fourth-order valence-corrected chi connectivity index (χ4v) is 3.39. The average molecular weight is 395 g/mol. The van der Waals surface area contributed by atoms with Crippen molar-refractivity contribution in [3.05, 3.63) is 65.9 Å². The SMILES string of the molecule is COc1cc(-c2cnco2)cc(C2(c3ccnc(CF)c3)N=C(N)N(C)C2=O)c1. The molecule has 0 spiro atoms. The summed E-state index contributed by atoms with van der Waals surface area (Å²) in [4.78, 5) is 27.1. The third-order valence-corrected chi connectivity index (χ3v) is 4.89. The van der Waals surface area contributed by atoms with Crippen LogP contribution in [-0.4, -0.2) is 40.9 Å². The molecule has 0 radical (unpaired) electrons. The number of likely N-dealkylation sites (N-methyl/N-ethyl adjacent to an activating group) is 1. The van der Waals surface area contributed by atoms with Crippen molar-refractivity contribution in [2.24, 2.45) is 10.7 Å². The highest BCUT2D eigenvalue weighted by Gasteiger charge is 2.50. The number of pyridine rings is 1. The lowest BCUT2D eigenvalue weighted by Crippen LogP contribution is -2.41. The number of methoxy groups -OCH3 is 1. The lowest BCUT2D eigenvalue weighted by atomic mass is 9.82. The number of alkyl halides is 1. The molecule has 1 amide bonds. The first-order valence-corrected chi connectivity index (χ1v) is 8.73. The summed E-state index contributed by atoms with van der Waals surface area (Å²) < 4.78 is 24.1. The largest absolute Gasteiger partial charge is 0.497 e. The molecule has 3 heterocycles. The molecule has 0 bridgehead atoms. The number of halogens is 1. The van der Waals surface area contributed by atoms with Gasteiger partial charge in [0.1, 0.15) is 12.4 Å². The molecule has 8 nitrogen and oxygen atoms in total. The Kier molecular flexibility index (Phi) is 4.50. The molecule has 0 fully saturated rings. The summed E-state index contributed by atoms with van der Waals surface area (Å²) in [6, 6.07) is 8.35. The van der Waals surface area contributed by atoms with Gasteiger partial charge in [-0.15, -0.1) is 0 Å². The van der Waals surface area contributed by atoms with Gasteiger partial charge in [-0.2, -0.15) is 0 Å². The van der Waals surface area contributed by atoms with Gasteiger partial charge in [0.15, 0.2) is 23.7 Å². The van der Waals surface area contributed by atoms with Gasteiger partial charge in [-0.05, 0) is 41.5 Å². The number of benzene rings is 1. The highest BCUT2D eigenvalue weighted by atomic mass is 19.1. The first-order chi connectivity index (χ1) is 14.0. The van der Waals surface area contributed by atoms with Gasteiger partial charge in [0.2, 0.25) is 0 Å². The second-order valence-corrected chi connectivity index (χ2v) is 6.53. The standard InChI is InChI=1S/C20H18FN5O3/c1-26-18(27)20(25-19(26)22,13-3-4-24-15(7-13)9-21)14-5-12(6-16(8-14)28-2)17-10-23-11-29-17/h3-8,10-11H,9H2,1-2H3,(H2,22,25). The zero-order valence-electron chi connectivity index (χ0n) is 15.8. The van der Waals surface area contributed by atoms with Crippen LogP contribution in [0.5, 0.6) is 5.75 Å². The minimum absolute atomic E-state index is 0.0534. The fourth-order valence-electron chi connectivity index (χ4n) is 3.39. The molecule has 2 aromatic heterocycles. The summed E-state index contributed by atoms with van der Waals surface area (Å²) in [5, 5.41) is 0. The van der Waals surface area contributed by atoms with E-state index in [1.165, 1.54) is 37.7 Å². The number of guanidine groups is 1. The summed E-state index contributed by atoms with van der Waals surface area (Å²) in [5.41, 5.74) is 6.28. The second kappa shape index (κ2) is 7.01. The third-order valence-electron chi connectivity index (χ3n) is 4.89. The summed E-state index contributed by atoms with van der Waals surface area (Å²) >= 11 is 0. The van der Waals surface area contributed by atoms with Crippen LogP contribution in [0.2, 0.25) is 0 Å². The normalized spacial score (nSPS) is 18.8. The van der Waals surface area contributed by atoms with Crippen molar-refractivity contribution in [3.8, 4) is 17.1 Å². The molecule has 0 saturated heterocycles. The predicted molar refractivity (Wildman–Crippen MR) is 103 cm³/mol. The number of carbonyl (C=O) groups excluding carboxylic acids is 1. The number of carbonyl (C=O) groups is 1. The topological polar surface area (TPSA) is 107 Å². The number of hydrogen-bond acceptors (Lipinski definition) is 7. The minimum atomic E-state index is -1.50. The monoisotopic (exact) mass is 395 g/mol. The number of rotatable bonds is 5. The van der Waals surface area contributed by atoms with Gasteiger partial charge < -0.3 is 14.9 Å². The molecule has 9 heteroatoms. The number of oxazole rings is 1. The quantitative estimate of drug-likeness (QED) is 0.710. The van der Waals surface area contributed by atoms with E-state index in [0.29, 0.717) is 28.2 Å². The molecule has 1 atom stereocenters. The Morgan fingerprint density at radius 1 is 1.28 bits per heavy atom. The number of aromatic nitrogens is 2. The van der Waals surface area contributed by atoms with Gasteiger partial charge >= 0.3 is 0 Å². The first-order valence-electron chi connectivity index (χ1n) is 8.73. The molecule has 1 aliphatic heterocycles. The van der Waals surface area contributed by atoms with Gasteiger partial charge in [-0.25, -0.2) is 14.4 Å². The van der Waals surface area contributed by atoms with Crippen molar-refractivity contribution < 1.29 is 18.3 Å². The average Bonchev–Trinajstić information content (AvgIpc) is 3.37. The number of hydrogen-bond donors (Lipinski definition) is 1. The van der Waals surface area contributed by atoms with Gasteiger partial charge in [-0.1, -0.05) is 0 Å². The minimum Gasteiger partial charge on any atom is -0.497 e. The molecule has 29 heavy (non-hydrogen) atoms. The molecular weight excluding hydrogens is 377 g/mol. The van der Waals surface area contributed by atoms with Gasteiger partial charge in [0.05, 0.1) is 19.0 Å². The van der Waals surface area contributed by atoms with Crippen molar-refractivity contribution in [2.75, 3.05) is 14.2 Å². The Morgan fingerprint density at radius 2 is 2.10 bits per heavy atom. The molecule has 1 aliphatic rings. The molecule has 4 rings (SSSR count). The van der Waals surface area contributed by atoms with Crippen molar-refractivity contribution in [1.29, 1.82) is 0 Å². The lowest BCUT2D eigenvalue weighted by Gasteiger charge is -2.27. The number of nitrogens with two attached hydrogens (primary N) is 1. The Morgan fingerprint density at radius 3 is 2.72 bits per heavy atom. The Bertz CT molecular complexity index is 1100. The van der Waals surface area contributed by atoms with Crippen molar-refractivity contribution in [1.82, 2.24) is 14.9 Å². The van der Waals surface area contributed by atoms with E-state index >= 15 is 0 Å². The zero-order valence-corrected chi connectivity index (χ0v) is 15.8. The molecule has 3 aromatic rings. The van der Waals surface area contributed by atoms with E-state index in [2.05, 4.69) is 15.0 Å². The van der Waals surface area contributed by atoms with Gasteiger partial charge in [-0.3, -0.25) is 14.7 Å². The van der Waals surface area contributed by atoms with E-state index in [9.17, 15) is 9.18 Å². The maximum absolute atomic E-state index is 13.4. The molecule has 1 unspecified atom stereocenters. The Labute approximate surface area is 165 Å². The maximum atomic E-state index is 13.4. The maximum Gasteiger partial charge on any atom is 0.266 e. The first kappa shape index (κ1) is 18.6. The van der Waals surface area contributed by atoms with E-state index in [4.69, 9.17) is 14.9 Å². The molecule has 0 saturated carbocycles. The number of aliphatic imine (C=N–C) groups is 1. The van der Waals surface area contributed by atoms with E-state index < -0.39 is 12.2 Å². The van der Waals surface area contributed by atoms with Crippen LogP contribution in [0, 0.1) is 0 Å². The van der Waals surface area contributed by atoms with Crippen LogP contribution in [0.1, 0.15) is 16.8 Å². The van der Waals surface area contributed by atoms with Crippen LogP contribution in [0.4, 0.5) is 4.39 Å². The van der Waals surface area contributed by atoms with Crippen molar-refractivity contribution >= 4 is 11.9 Å². The summed E-state index contributed by atoms with van der Waals surface area (Å²) in [6.45, 7) is -0.769. The van der Waals surface area contributed by atoms with E-state index in [0.717, 1.165) is 0 Å². The van der Waals surface area contributed by atoms with Crippen molar-refractivity contribution in [2.45, 2.75) is 12.2 Å². The number of amides is 1. The number of ether oxygens (including phenoxy) is 1. The zero-order chi connectivity index (χ0) is 20.6. The lowest BCUT2D eigenvalue weighted by molar-refractivity contribution is -0.129. The molecule has 148 valence electrons. The van der Waals surface area contributed by atoms with Gasteiger partial charge in [0.25, 0.3) is 5.91 Å². The molecule has 0 aliphatic carbocycles. The molecule has 2 N–H and O–H groups in total. The van der Waals surface area contributed by atoms with Crippen LogP contribution in [0.3, 0.4) is 0 Å². The second-order valence-electron chi connectivity index (χ2n) is 6.53. The Hall–Kier alpha value is -3.75. The van der Waals surface area contributed by atoms with E-state index in [1.54, 1.807) is 30.5 Å². The van der Waals surface area contributed by atoms with Crippen LogP contribution in [-0.2, 0) is 17.0 Å². The Balaban J connectivity index is 2.01. The number of nitrogens with zero attached hydrogens (tertiary/aromatic N) is 4. The smallest absolute Gasteiger partial charge is 0.266 e. The van der Waals surface area contributed by atoms with E-state index in [1.807, 2.05) is 0 Å². The predicted octanol–water partition coefficient (Wildman–Crippen LogP) is 2.25. The highest BCUT2D eigenvalue weighted by Crippen LogP contribution is 2.42. The summed E-state index contributed by atoms with van der Waals surface area (Å²) in [6.07, 6.45) is 4.31. The molecular formula is C20H18FN5O3.